The van der Waals surface area contributed by atoms with Crippen molar-refractivity contribution in [2.75, 3.05) is 6.54 Å². The number of carbonyl (C=O) groups is 1. The van der Waals surface area contributed by atoms with E-state index in [1.54, 1.807) is 18.3 Å². The molecule has 4 heteroatoms. The molecule has 1 aromatic carbocycles. The summed E-state index contributed by atoms with van der Waals surface area (Å²) in [6.07, 6.45) is 6.28. The highest BCUT2D eigenvalue weighted by Gasteiger charge is 2.26. The van der Waals surface area contributed by atoms with Crippen LogP contribution in [0.25, 0.3) is 0 Å². The number of likely N-dealkylation sites (tertiary alicyclic amines) is 1. The number of ketones is 1. The molecular formula is C18H19FN2O. The monoisotopic (exact) mass is 298 g/mol. The Hall–Kier alpha value is -2.07. The van der Waals surface area contributed by atoms with Crippen molar-refractivity contribution in [2.45, 2.75) is 31.8 Å². The van der Waals surface area contributed by atoms with E-state index in [0.717, 1.165) is 25.9 Å². The molecule has 0 N–H and O–H groups in total. The summed E-state index contributed by atoms with van der Waals surface area (Å²) in [6, 6.07) is 10.1. The van der Waals surface area contributed by atoms with Crippen LogP contribution in [0, 0.1) is 5.82 Å². The van der Waals surface area contributed by atoms with Crippen LogP contribution in [0.15, 0.2) is 48.8 Å². The number of Topliss-reactive ketones (excluding diaryl/α,β-unsaturated/α-hetero) is 1. The number of hydrogen-bond donors (Lipinski definition) is 0. The second-order valence-electron chi connectivity index (χ2n) is 5.76. The van der Waals surface area contributed by atoms with Crippen LogP contribution < -0.4 is 0 Å². The molecule has 1 aliphatic rings. The number of nitrogens with zero attached hydrogens (tertiary/aromatic N) is 2. The quantitative estimate of drug-likeness (QED) is 0.793. The SMILES string of the molecule is O=C(CC1CCCN1Cc1cccnc1)c1ccc(F)cc1. The Morgan fingerprint density at radius 2 is 2.09 bits per heavy atom. The second kappa shape index (κ2) is 6.79. The number of benzene rings is 1. The predicted molar refractivity (Wildman–Crippen MR) is 83.0 cm³/mol. The largest absolute Gasteiger partial charge is 0.296 e. The van der Waals surface area contributed by atoms with E-state index >= 15 is 0 Å². The lowest BCUT2D eigenvalue weighted by Gasteiger charge is -2.23. The summed E-state index contributed by atoms with van der Waals surface area (Å²) in [5, 5.41) is 0. The third-order valence-electron chi connectivity index (χ3n) is 4.19. The topological polar surface area (TPSA) is 33.2 Å². The van der Waals surface area contributed by atoms with Crippen LogP contribution in [0.1, 0.15) is 35.2 Å². The number of carbonyl (C=O) groups excluding carboxylic acids is 1. The summed E-state index contributed by atoms with van der Waals surface area (Å²) in [7, 11) is 0. The number of hydrogen-bond acceptors (Lipinski definition) is 3. The van der Waals surface area contributed by atoms with Crippen molar-refractivity contribution >= 4 is 5.78 Å². The number of halogens is 1. The van der Waals surface area contributed by atoms with E-state index < -0.39 is 0 Å². The van der Waals surface area contributed by atoms with E-state index in [9.17, 15) is 9.18 Å². The van der Waals surface area contributed by atoms with Gasteiger partial charge in [-0.2, -0.15) is 0 Å². The molecule has 0 radical (unpaired) electrons. The fourth-order valence-corrected chi connectivity index (χ4v) is 3.03. The van der Waals surface area contributed by atoms with Gasteiger partial charge in [0, 0.05) is 37.0 Å². The van der Waals surface area contributed by atoms with E-state index in [0.29, 0.717) is 12.0 Å². The van der Waals surface area contributed by atoms with Gasteiger partial charge in [0.05, 0.1) is 0 Å². The van der Waals surface area contributed by atoms with Gasteiger partial charge in [-0.25, -0.2) is 4.39 Å². The molecule has 1 unspecified atom stereocenters. The van der Waals surface area contributed by atoms with E-state index in [2.05, 4.69) is 16.0 Å². The van der Waals surface area contributed by atoms with Crippen LogP contribution in [0.4, 0.5) is 4.39 Å². The van der Waals surface area contributed by atoms with Crippen LogP contribution in [-0.2, 0) is 6.54 Å². The first-order chi connectivity index (χ1) is 10.7. The molecule has 1 atom stereocenters. The average molecular weight is 298 g/mol. The molecule has 0 amide bonds. The maximum atomic E-state index is 12.9. The second-order valence-corrected chi connectivity index (χ2v) is 5.76. The molecule has 0 spiro atoms. The van der Waals surface area contributed by atoms with Gasteiger partial charge in [0.1, 0.15) is 5.82 Å². The Labute approximate surface area is 129 Å². The van der Waals surface area contributed by atoms with Crippen molar-refractivity contribution in [1.82, 2.24) is 9.88 Å². The van der Waals surface area contributed by atoms with Crippen molar-refractivity contribution < 1.29 is 9.18 Å². The Balaban J connectivity index is 1.63. The van der Waals surface area contributed by atoms with Crippen molar-refractivity contribution in [3.8, 4) is 0 Å². The lowest BCUT2D eigenvalue weighted by Crippen LogP contribution is -2.31. The first-order valence-electron chi connectivity index (χ1n) is 7.64. The standard InChI is InChI=1S/C18H19FN2O/c19-16-7-5-15(6-8-16)18(22)11-17-4-2-10-21(17)13-14-3-1-9-20-12-14/h1,3,5-9,12,17H,2,4,10-11,13H2. The zero-order valence-electron chi connectivity index (χ0n) is 12.4. The minimum atomic E-state index is -0.310. The van der Waals surface area contributed by atoms with Gasteiger partial charge < -0.3 is 0 Å². The van der Waals surface area contributed by atoms with Crippen LogP contribution in [0.5, 0.6) is 0 Å². The molecule has 2 aromatic rings. The molecule has 22 heavy (non-hydrogen) atoms. The van der Waals surface area contributed by atoms with Crippen molar-refractivity contribution in [2.24, 2.45) is 0 Å². The fraction of sp³-hybridized carbons (Fsp3) is 0.333. The molecule has 3 nitrogen and oxygen atoms in total. The highest BCUT2D eigenvalue weighted by Crippen LogP contribution is 2.23. The predicted octanol–water partition coefficient (Wildman–Crippen LogP) is 3.46. The van der Waals surface area contributed by atoms with Gasteiger partial charge in [0.25, 0.3) is 0 Å². The normalized spacial score (nSPS) is 18.5. The Kier molecular flexibility index (Phi) is 4.59. The molecule has 1 aromatic heterocycles. The lowest BCUT2D eigenvalue weighted by atomic mass is 10.0. The fourth-order valence-electron chi connectivity index (χ4n) is 3.03. The van der Waals surface area contributed by atoms with Crippen molar-refractivity contribution in [1.29, 1.82) is 0 Å². The van der Waals surface area contributed by atoms with E-state index in [1.807, 2.05) is 12.3 Å². The summed E-state index contributed by atoms with van der Waals surface area (Å²) in [5.41, 5.74) is 1.76. The molecule has 1 aliphatic heterocycles. The number of rotatable bonds is 5. The van der Waals surface area contributed by atoms with Gasteiger partial charge >= 0.3 is 0 Å². The highest BCUT2D eigenvalue weighted by atomic mass is 19.1. The summed E-state index contributed by atoms with van der Waals surface area (Å²) in [5.74, 6) is -0.223. The third-order valence-corrected chi connectivity index (χ3v) is 4.19. The van der Waals surface area contributed by atoms with E-state index in [4.69, 9.17) is 0 Å². The highest BCUT2D eigenvalue weighted by molar-refractivity contribution is 5.96. The molecule has 0 aliphatic carbocycles. The van der Waals surface area contributed by atoms with Gasteiger partial charge in [-0.05, 0) is 55.3 Å². The first kappa shape index (κ1) is 14.9. The number of aromatic nitrogens is 1. The lowest BCUT2D eigenvalue weighted by molar-refractivity contribution is 0.0938. The summed E-state index contributed by atoms with van der Waals surface area (Å²) in [6.45, 7) is 1.84. The summed E-state index contributed by atoms with van der Waals surface area (Å²) < 4.78 is 12.9. The molecule has 1 fully saturated rings. The molecule has 114 valence electrons. The zero-order chi connectivity index (χ0) is 15.4. The molecular weight excluding hydrogens is 279 g/mol. The Morgan fingerprint density at radius 3 is 2.82 bits per heavy atom. The minimum absolute atomic E-state index is 0.0862. The van der Waals surface area contributed by atoms with Crippen LogP contribution in [0.3, 0.4) is 0 Å². The average Bonchev–Trinajstić information content (AvgIpc) is 2.96. The van der Waals surface area contributed by atoms with Gasteiger partial charge in [0.2, 0.25) is 0 Å². The van der Waals surface area contributed by atoms with Gasteiger partial charge in [-0.3, -0.25) is 14.7 Å². The molecule has 0 bridgehead atoms. The molecule has 0 saturated carbocycles. The van der Waals surface area contributed by atoms with Gasteiger partial charge in [-0.1, -0.05) is 6.07 Å². The van der Waals surface area contributed by atoms with Crippen LogP contribution in [0.2, 0.25) is 0 Å². The van der Waals surface area contributed by atoms with Crippen LogP contribution >= 0.6 is 0 Å². The first-order valence-corrected chi connectivity index (χ1v) is 7.64. The van der Waals surface area contributed by atoms with E-state index in [1.165, 1.54) is 17.7 Å². The molecule has 2 heterocycles. The van der Waals surface area contributed by atoms with Crippen LogP contribution in [-0.4, -0.2) is 28.3 Å². The minimum Gasteiger partial charge on any atom is -0.296 e. The van der Waals surface area contributed by atoms with Crippen molar-refractivity contribution in [3.63, 3.8) is 0 Å². The maximum absolute atomic E-state index is 12.9. The third kappa shape index (κ3) is 3.57. The molecule has 3 rings (SSSR count). The van der Waals surface area contributed by atoms with E-state index in [-0.39, 0.29) is 17.6 Å². The maximum Gasteiger partial charge on any atom is 0.164 e. The smallest absolute Gasteiger partial charge is 0.164 e. The number of pyridine rings is 1. The Morgan fingerprint density at radius 1 is 1.27 bits per heavy atom. The molecule has 1 saturated heterocycles. The Bertz CT molecular complexity index is 627. The summed E-state index contributed by atoms with van der Waals surface area (Å²) >= 11 is 0. The summed E-state index contributed by atoms with van der Waals surface area (Å²) in [4.78, 5) is 18.8. The van der Waals surface area contributed by atoms with Gasteiger partial charge in [-0.15, -0.1) is 0 Å². The van der Waals surface area contributed by atoms with Gasteiger partial charge in [0.15, 0.2) is 5.78 Å². The zero-order valence-corrected chi connectivity index (χ0v) is 12.4. The van der Waals surface area contributed by atoms with Crippen molar-refractivity contribution in [3.05, 3.63) is 65.7 Å².